The Bertz CT molecular complexity index is 442. The maximum Gasteiger partial charge on any atom is 0.270 e. The maximum absolute atomic E-state index is 12.6. The maximum atomic E-state index is 12.6. The van der Waals surface area contributed by atoms with Crippen LogP contribution in [0.25, 0.3) is 0 Å². The second-order valence-electron chi connectivity index (χ2n) is 6.01. The number of anilines is 1. The van der Waals surface area contributed by atoms with E-state index in [1.54, 1.807) is 0 Å². The number of nitrogens with zero attached hydrogens (tertiary/aromatic N) is 2. The molecule has 4 nitrogen and oxygen atoms in total. The van der Waals surface area contributed by atoms with E-state index in [1.807, 2.05) is 21.7 Å². The van der Waals surface area contributed by atoms with Gasteiger partial charge < -0.3 is 15.2 Å². The Morgan fingerprint density at radius 3 is 2.58 bits per heavy atom. The third kappa shape index (κ3) is 3.11. The molecule has 4 heteroatoms. The minimum absolute atomic E-state index is 0.128. The quantitative estimate of drug-likeness (QED) is 0.911. The number of carbonyl (C=O) groups is 1. The lowest BCUT2D eigenvalue weighted by Gasteiger charge is -2.35. The number of hydrogen-bond acceptors (Lipinski definition) is 2. The number of rotatable bonds is 3. The highest BCUT2D eigenvalue weighted by Crippen LogP contribution is 2.23. The Labute approximate surface area is 115 Å². The van der Waals surface area contributed by atoms with Crippen molar-refractivity contribution in [3.05, 3.63) is 18.0 Å². The molecule has 106 valence electrons. The zero-order valence-electron chi connectivity index (χ0n) is 12.2. The van der Waals surface area contributed by atoms with Crippen LogP contribution in [0.1, 0.15) is 44.1 Å². The number of piperidine rings is 1. The van der Waals surface area contributed by atoms with E-state index in [0.717, 1.165) is 31.7 Å². The first-order valence-corrected chi connectivity index (χ1v) is 7.26. The summed E-state index contributed by atoms with van der Waals surface area (Å²) in [6, 6.07) is 1.81. The summed E-state index contributed by atoms with van der Waals surface area (Å²) in [4.78, 5) is 14.6. The van der Waals surface area contributed by atoms with Crippen molar-refractivity contribution in [3.63, 3.8) is 0 Å². The molecule has 0 saturated carbocycles. The van der Waals surface area contributed by atoms with Gasteiger partial charge in [-0.3, -0.25) is 4.79 Å². The molecule has 2 N–H and O–H groups in total. The largest absolute Gasteiger partial charge is 0.397 e. The normalized spacial score (nSPS) is 23.6. The van der Waals surface area contributed by atoms with Crippen LogP contribution in [0.15, 0.2) is 12.3 Å². The first-order valence-electron chi connectivity index (χ1n) is 7.26. The number of hydrogen-bond donors (Lipinski definition) is 1. The highest BCUT2D eigenvalue weighted by molar-refractivity contribution is 5.94. The van der Waals surface area contributed by atoms with E-state index in [1.165, 1.54) is 6.42 Å². The molecule has 1 saturated heterocycles. The standard InChI is InChI=1S/C15H25N3O/c1-4-5-17-10-13(16)7-14(17)15(19)18-8-11(2)6-12(3)9-18/h7,10-12H,4-6,8-9,16H2,1-3H3. The summed E-state index contributed by atoms with van der Waals surface area (Å²) in [6.45, 7) is 9.11. The van der Waals surface area contributed by atoms with Crippen LogP contribution in [0.5, 0.6) is 0 Å². The van der Waals surface area contributed by atoms with Crippen molar-refractivity contribution in [1.82, 2.24) is 9.47 Å². The van der Waals surface area contributed by atoms with E-state index < -0.39 is 0 Å². The summed E-state index contributed by atoms with van der Waals surface area (Å²) < 4.78 is 1.99. The number of nitrogen functional groups attached to an aromatic ring is 1. The number of aromatic nitrogens is 1. The van der Waals surface area contributed by atoms with Crippen molar-refractivity contribution >= 4 is 11.6 Å². The van der Waals surface area contributed by atoms with E-state index in [0.29, 0.717) is 17.5 Å². The smallest absolute Gasteiger partial charge is 0.270 e. The SMILES string of the molecule is CCCn1cc(N)cc1C(=O)N1CC(C)CC(C)C1. The van der Waals surface area contributed by atoms with Crippen LogP contribution in [-0.2, 0) is 6.54 Å². The Morgan fingerprint density at radius 1 is 1.37 bits per heavy atom. The molecule has 1 amide bonds. The summed E-state index contributed by atoms with van der Waals surface area (Å²) in [6.07, 6.45) is 4.08. The molecule has 2 rings (SSSR count). The average Bonchev–Trinajstić information content (AvgIpc) is 2.68. The van der Waals surface area contributed by atoms with E-state index in [4.69, 9.17) is 5.73 Å². The van der Waals surface area contributed by atoms with Gasteiger partial charge in [-0.1, -0.05) is 20.8 Å². The molecule has 0 bridgehead atoms. The molecule has 2 unspecified atom stereocenters. The van der Waals surface area contributed by atoms with Gasteiger partial charge in [0.1, 0.15) is 5.69 Å². The lowest BCUT2D eigenvalue weighted by atomic mass is 9.92. The molecule has 2 heterocycles. The lowest BCUT2D eigenvalue weighted by molar-refractivity contribution is 0.0612. The summed E-state index contributed by atoms with van der Waals surface area (Å²) >= 11 is 0. The van der Waals surface area contributed by atoms with Crippen LogP contribution in [0.2, 0.25) is 0 Å². The van der Waals surface area contributed by atoms with Crippen LogP contribution in [0, 0.1) is 11.8 Å². The fourth-order valence-electron chi connectivity index (χ4n) is 3.13. The van der Waals surface area contributed by atoms with Gasteiger partial charge in [0.25, 0.3) is 5.91 Å². The zero-order chi connectivity index (χ0) is 14.0. The van der Waals surface area contributed by atoms with Gasteiger partial charge in [-0.25, -0.2) is 0 Å². The molecule has 1 fully saturated rings. The fourth-order valence-corrected chi connectivity index (χ4v) is 3.13. The third-order valence-electron chi connectivity index (χ3n) is 3.76. The Balaban J connectivity index is 2.18. The van der Waals surface area contributed by atoms with Gasteiger partial charge in [0.15, 0.2) is 0 Å². The van der Waals surface area contributed by atoms with Gasteiger partial charge in [0.2, 0.25) is 0 Å². The second-order valence-corrected chi connectivity index (χ2v) is 6.01. The molecule has 1 aliphatic rings. The zero-order valence-corrected chi connectivity index (χ0v) is 12.2. The first-order chi connectivity index (χ1) is 9.01. The number of likely N-dealkylation sites (tertiary alicyclic amines) is 1. The monoisotopic (exact) mass is 263 g/mol. The summed E-state index contributed by atoms with van der Waals surface area (Å²) in [5, 5.41) is 0. The van der Waals surface area contributed by atoms with Crippen LogP contribution in [0.3, 0.4) is 0 Å². The highest BCUT2D eigenvalue weighted by atomic mass is 16.2. The molecule has 19 heavy (non-hydrogen) atoms. The topological polar surface area (TPSA) is 51.3 Å². The minimum atomic E-state index is 0.128. The van der Waals surface area contributed by atoms with E-state index in [9.17, 15) is 4.79 Å². The predicted molar refractivity (Wildman–Crippen MR) is 78.0 cm³/mol. The number of nitrogens with two attached hydrogens (primary N) is 1. The summed E-state index contributed by atoms with van der Waals surface area (Å²) in [5.74, 6) is 1.29. The summed E-state index contributed by atoms with van der Waals surface area (Å²) in [7, 11) is 0. The molecule has 1 aliphatic heterocycles. The van der Waals surface area contributed by atoms with Gasteiger partial charge in [0.05, 0.1) is 5.69 Å². The Kier molecular flexibility index (Phi) is 4.17. The molecule has 1 aromatic rings. The average molecular weight is 263 g/mol. The third-order valence-corrected chi connectivity index (χ3v) is 3.76. The van der Waals surface area contributed by atoms with Crippen molar-refractivity contribution < 1.29 is 4.79 Å². The highest BCUT2D eigenvalue weighted by Gasteiger charge is 2.27. The molecule has 0 aliphatic carbocycles. The van der Waals surface area contributed by atoms with E-state index in [2.05, 4.69) is 20.8 Å². The predicted octanol–water partition coefficient (Wildman–Crippen LogP) is 2.60. The van der Waals surface area contributed by atoms with E-state index in [-0.39, 0.29) is 5.91 Å². The summed E-state index contributed by atoms with van der Waals surface area (Å²) in [5.41, 5.74) is 7.25. The number of aryl methyl sites for hydroxylation is 1. The lowest BCUT2D eigenvalue weighted by Crippen LogP contribution is -2.43. The Morgan fingerprint density at radius 2 is 2.00 bits per heavy atom. The molecule has 0 aromatic carbocycles. The van der Waals surface area contributed by atoms with Crippen LogP contribution >= 0.6 is 0 Å². The van der Waals surface area contributed by atoms with Crippen molar-refractivity contribution in [3.8, 4) is 0 Å². The van der Waals surface area contributed by atoms with Crippen LogP contribution in [0.4, 0.5) is 5.69 Å². The molecular weight excluding hydrogens is 238 g/mol. The number of carbonyl (C=O) groups excluding carboxylic acids is 1. The van der Waals surface area contributed by atoms with Crippen LogP contribution in [-0.4, -0.2) is 28.5 Å². The molecular formula is C15H25N3O. The van der Waals surface area contributed by atoms with Gasteiger partial charge >= 0.3 is 0 Å². The molecule has 0 radical (unpaired) electrons. The van der Waals surface area contributed by atoms with Crippen molar-refractivity contribution in [2.45, 2.75) is 40.2 Å². The van der Waals surface area contributed by atoms with Crippen molar-refractivity contribution in [2.75, 3.05) is 18.8 Å². The van der Waals surface area contributed by atoms with E-state index >= 15 is 0 Å². The second kappa shape index (κ2) is 5.68. The van der Waals surface area contributed by atoms with Gasteiger partial charge in [-0.2, -0.15) is 0 Å². The van der Waals surface area contributed by atoms with Gasteiger partial charge in [-0.15, -0.1) is 0 Å². The van der Waals surface area contributed by atoms with Gasteiger partial charge in [-0.05, 0) is 30.7 Å². The van der Waals surface area contributed by atoms with Crippen molar-refractivity contribution in [2.24, 2.45) is 11.8 Å². The molecule has 0 spiro atoms. The van der Waals surface area contributed by atoms with Gasteiger partial charge in [0, 0.05) is 25.8 Å². The van der Waals surface area contributed by atoms with Crippen molar-refractivity contribution in [1.29, 1.82) is 0 Å². The fraction of sp³-hybridized carbons (Fsp3) is 0.667. The first kappa shape index (κ1) is 14.0. The number of amides is 1. The minimum Gasteiger partial charge on any atom is -0.397 e. The molecule has 1 aromatic heterocycles. The molecule has 2 atom stereocenters. The Hall–Kier alpha value is -1.45. The van der Waals surface area contributed by atoms with Crippen LogP contribution < -0.4 is 5.73 Å².